The summed E-state index contributed by atoms with van der Waals surface area (Å²) < 4.78 is 12.0. The largest absolute Gasteiger partial charge is 0.394 e. The Morgan fingerprint density at radius 3 is 1.76 bits per heavy atom. The molecule has 14 heteroatoms. The number of hydrogen-bond acceptors (Lipinski definition) is 9. The van der Waals surface area contributed by atoms with E-state index in [0.717, 1.165) is 6.33 Å². The second-order valence-corrected chi connectivity index (χ2v) is 6.78. The van der Waals surface area contributed by atoms with Crippen LogP contribution in [0.15, 0.2) is 71.8 Å². The lowest BCUT2D eigenvalue weighted by molar-refractivity contribution is 0.585. The third-order valence-corrected chi connectivity index (χ3v) is 3.70. The second kappa shape index (κ2) is 25.3. The molecular formula is C23H32Cl2FN9O2. The van der Waals surface area contributed by atoms with E-state index < -0.39 is 5.95 Å². The Labute approximate surface area is 224 Å². The van der Waals surface area contributed by atoms with Crippen molar-refractivity contribution >= 4 is 28.9 Å². The first-order chi connectivity index (χ1) is 17.8. The molecule has 4 aromatic heterocycles. The predicted octanol–water partition coefficient (Wildman–Crippen LogP) is 4.74. The van der Waals surface area contributed by atoms with E-state index in [4.69, 9.17) is 28.9 Å². The molecule has 0 aromatic carbocycles. The van der Waals surface area contributed by atoms with Crippen LogP contribution in [0.1, 0.15) is 47.0 Å². The zero-order chi connectivity index (χ0) is 28.3. The Bertz CT molecular complexity index is 1130. The lowest BCUT2D eigenvalue weighted by Crippen LogP contribution is -2.04. The van der Waals surface area contributed by atoms with Gasteiger partial charge in [-0.15, -0.1) is 0 Å². The van der Waals surface area contributed by atoms with Crippen molar-refractivity contribution in [2.24, 2.45) is 0 Å². The Balaban J connectivity index is 0. The molecule has 0 aliphatic heterocycles. The summed E-state index contributed by atoms with van der Waals surface area (Å²) in [5, 5.41) is 0.600. The lowest BCUT2D eigenvalue weighted by Gasteiger charge is -1.87. The standard InChI is InChI=1S/C5H12.C4H3ClN2O.C4H3ClN2.C4H4FN3.C4H4N2O.C2H6/c1-3-5-4-2;5-3-1-6-2-7-4(3)8;5-4-1-2-6-3-7-4;5-4-3(6)1-7-2-8-4;7-4-1-2-5-3-6-4;1-2/h3-5H2,1-2H3;1-2H,(H,6,7,8);1-3H;1-2H,6H2;1-3H,(H,5,6,7);1-2H3. The van der Waals surface area contributed by atoms with Crippen molar-refractivity contribution in [3.63, 3.8) is 0 Å². The highest BCUT2D eigenvalue weighted by Gasteiger charge is 1.92. The fourth-order valence-corrected chi connectivity index (χ4v) is 1.79. The van der Waals surface area contributed by atoms with Gasteiger partial charge >= 0.3 is 0 Å². The van der Waals surface area contributed by atoms with Crippen molar-refractivity contribution in [2.45, 2.75) is 47.0 Å². The Morgan fingerprint density at radius 2 is 1.49 bits per heavy atom. The summed E-state index contributed by atoms with van der Waals surface area (Å²) in [5.41, 5.74) is 4.58. The highest BCUT2D eigenvalue weighted by molar-refractivity contribution is 6.30. The molecule has 0 atom stereocenters. The van der Waals surface area contributed by atoms with E-state index in [-0.39, 0.29) is 21.8 Å². The molecule has 0 radical (unpaired) electrons. The molecule has 202 valence electrons. The van der Waals surface area contributed by atoms with Gasteiger partial charge in [0.25, 0.3) is 11.1 Å². The summed E-state index contributed by atoms with van der Waals surface area (Å²) in [5.74, 6) is -0.667. The number of nitrogens with one attached hydrogen (secondary N) is 2. The fraction of sp³-hybridized carbons (Fsp3) is 0.304. The van der Waals surface area contributed by atoms with Crippen molar-refractivity contribution in [1.82, 2.24) is 39.9 Å². The molecule has 0 amide bonds. The van der Waals surface area contributed by atoms with Gasteiger partial charge in [0.15, 0.2) is 0 Å². The van der Waals surface area contributed by atoms with Crippen molar-refractivity contribution in [3.8, 4) is 0 Å². The maximum absolute atomic E-state index is 12.0. The van der Waals surface area contributed by atoms with Gasteiger partial charge in [-0.2, -0.15) is 4.39 Å². The van der Waals surface area contributed by atoms with Gasteiger partial charge in [0.2, 0.25) is 5.95 Å². The van der Waals surface area contributed by atoms with Gasteiger partial charge in [0.1, 0.15) is 28.5 Å². The molecule has 4 aromatic rings. The third kappa shape index (κ3) is 22.4. The monoisotopic (exact) mass is 555 g/mol. The molecule has 11 nitrogen and oxygen atoms in total. The van der Waals surface area contributed by atoms with Gasteiger partial charge in [0.05, 0.1) is 25.0 Å². The van der Waals surface area contributed by atoms with Crippen molar-refractivity contribution < 1.29 is 4.39 Å². The summed E-state index contributed by atoms with van der Waals surface area (Å²) in [4.78, 5) is 46.3. The van der Waals surface area contributed by atoms with E-state index in [1.54, 1.807) is 12.3 Å². The van der Waals surface area contributed by atoms with E-state index in [0.29, 0.717) is 5.15 Å². The van der Waals surface area contributed by atoms with E-state index in [1.165, 1.54) is 62.9 Å². The van der Waals surface area contributed by atoms with Gasteiger partial charge in [-0.05, 0) is 6.07 Å². The summed E-state index contributed by atoms with van der Waals surface area (Å²) >= 11 is 10.7. The molecule has 0 unspecified atom stereocenters. The molecule has 0 aliphatic rings. The average molecular weight is 556 g/mol. The minimum atomic E-state index is -0.667. The van der Waals surface area contributed by atoms with Crippen LogP contribution in [0.3, 0.4) is 0 Å². The number of nitrogens with zero attached hydrogens (tertiary/aromatic N) is 6. The number of rotatable bonds is 2. The topological polar surface area (TPSA) is 169 Å². The van der Waals surface area contributed by atoms with Gasteiger partial charge in [-0.1, -0.05) is 70.2 Å². The van der Waals surface area contributed by atoms with Crippen LogP contribution in [-0.4, -0.2) is 39.9 Å². The van der Waals surface area contributed by atoms with Crippen molar-refractivity contribution in [3.05, 3.63) is 99.1 Å². The zero-order valence-corrected chi connectivity index (χ0v) is 22.6. The zero-order valence-electron chi connectivity index (χ0n) is 21.1. The normalized spacial score (nSPS) is 8.51. The molecule has 0 aliphatic carbocycles. The number of nitrogen functional groups attached to an aromatic ring is 1. The number of halogens is 3. The minimum Gasteiger partial charge on any atom is -0.394 e. The molecule has 0 saturated carbocycles. The number of hydrogen-bond donors (Lipinski definition) is 3. The summed E-state index contributed by atoms with van der Waals surface area (Å²) in [6.45, 7) is 8.42. The van der Waals surface area contributed by atoms with E-state index in [1.807, 2.05) is 13.8 Å². The van der Waals surface area contributed by atoms with Crippen LogP contribution in [0.25, 0.3) is 0 Å². The number of nitrogens with two attached hydrogens (primary N) is 1. The third-order valence-electron chi connectivity index (χ3n) is 3.21. The first-order valence-corrected chi connectivity index (χ1v) is 11.9. The van der Waals surface area contributed by atoms with Gasteiger partial charge in [-0.25, -0.2) is 29.9 Å². The highest BCUT2D eigenvalue weighted by atomic mass is 35.5. The lowest BCUT2D eigenvalue weighted by atomic mass is 10.3. The molecule has 0 saturated heterocycles. The van der Waals surface area contributed by atoms with Crippen molar-refractivity contribution in [2.75, 3.05) is 5.73 Å². The maximum atomic E-state index is 12.0. The second-order valence-electron chi connectivity index (χ2n) is 5.99. The Hall–Kier alpha value is -3.77. The van der Waals surface area contributed by atoms with Gasteiger partial charge in [0, 0.05) is 18.5 Å². The molecule has 37 heavy (non-hydrogen) atoms. The Kier molecular flexibility index (Phi) is 24.2. The number of anilines is 1. The quantitative estimate of drug-likeness (QED) is 0.295. The molecular weight excluding hydrogens is 524 g/mol. The fourth-order valence-electron chi connectivity index (χ4n) is 1.58. The number of aromatic nitrogens is 8. The summed E-state index contributed by atoms with van der Waals surface area (Å²) in [7, 11) is 0. The first-order valence-electron chi connectivity index (χ1n) is 11.1. The van der Waals surface area contributed by atoms with Crippen LogP contribution in [-0.2, 0) is 0 Å². The van der Waals surface area contributed by atoms with E-state index in [2.05, 4.69) is 53.7 Å². The van der Waals surface area contributed by atoms with E-state index in [9.17, 15) is 14.0 Å². The molecule has 0 fully saturated rings. The first kappa shape index (κ1) is 35.4. The smallest absolute Gasteiger partial charge is 0.269 e. The summed E-state index contributed by atoms with van der Waals surface area (Å²) in [6, 6.07) is 2.99. The van der Waals surface area contributed by atoms with E-state index >= 15 is 0 Å². The van der Waals surface area contributed by atoms with Crippen LogP contribution in [0, 0.1) is 5.95 Å². The number of unbranched alkanes of at least 4 members (excludes halogenated alkanes) is 2. The van der Waals surface area contributed by atoms with Gasteiger partial charge < -0.3 is 15.7 Å². The predicted molar refractivity (Wildman–Crippen MR) is 145 cm³/mol. The van der Waals surface area contributed by atoms with Crippen LogP contribution in [0.2, 0.25) is 10.2 Å². The average Bonchev–Trinajstić information content (AvgIpc) is 2.92. The SMILES string of the molecule is CC.CCCCC.Clc1ccncn1.Nc1cncnc1F.O=c1[nH]cncc1Cl.O=c1ccnc[nH]1. The highest BCUT2D eigenvalue weighted by Crippen LogP contribution is 1.99. The van der Waals surface area contributed by atoms with Crippen molar-refractivity contribution in [1.29, 1.82) is 0 Å². The molecule has 4 rings (SSSR count). The van der Waals surface area contributed by atoms with Crippen LogP contribution in [0.5, 0.6) is 0 Å². The molecule has 4 heterocycles. The molecule has 0 spiro atoms. The Morgan fingerprint density at radius 1 is 0.865 bits per heavy atom. The van der Waals surface area contributed by atoms with Crippen LogP contribution in [0.4, 0.5) is 10.1 Å². The molecule has 0 bridgehead atoms. The summed E-state index contributed by atoms with van der Waals surface area (Å²) in [6.07, 6.45) is 14.8. The van der Waals surface area contributed by atoms with Crippen LogP contribution >= 0.6 is 23.2 Å². The number of aromatic amines is 2. The molecule has 4 N–H and O–H groups in total. The van der Waals surface area contributed by atoms with Gasteiger partial charge in [-0.3, -0.25) is 9.59 Å². The minimum absolute atomic E-state index is 0.0208. The maximum Gasteiger partial charge on any atom is 0.269 e. The number of H-pyrrole nitrogens is 2. The van der Waals surface area contributed by atoms with Crippen LogP contribution < -0.4 is 16.9 Å².